The van der Waals surface area contributed by atoms with Crippen LogP contribution in [0.2, 0.25) is 0 Å². The lowest BCUT2D eigenvalue weighted by molar-refractivity contribution is 0.340. The number of benzene rings is 1. The molecule has 0 amide bonds. The molecule has 1 aromatic carbocycles. The van der Waals surface area contributed by atoms with Crippen LogP contribution in [0.1, 0.15) is 12.6 Å². The van der Waals surface area contributed by atoms with Gasteiger partial charge in [0, 0.05) is 11.8 Å². The fourth-order valence-corrected chi connectivity index (χ4v) is 1.45. The first-order valence-electron chi connectivity index (χ1n) is 5.31. The molecule has 0 aliphatic carbocycles. The standard InChI is InChI=1S/C13H14N2O/c1-3-16-12-6-4-5-11(7-12)13-9-14-10(2)8-15-13/h4-9H,3H2,1-2H3. The topological polar surface area (TPSA) is 35.0 Å². The molecule has 82 valence electrons. The average molecular weight is 214 g/mol. The van der Waals surface area contributed by atoms with E-state index in [0.29, 0.717) is 6.61 Å². The van der Waals surface area contributed by atoms with Crippen molar-refractivity contribution in [1.29, 1.82) is 0 Å². The molecular weight excluding hydrogens is 200 g/mol. The summed E-state index contributed by atoms with van der Waals surface area (Å²) in [6.07, 6.45) is 3.54. The van der Waals surface area contributed by atoms with Gasteiger partial charge in [-0.05, 0) is 26.0 Å². The molecule has 3 heteroatoms. The van der Waals surface area contributed by atoms with Crippen LogP contribution in [0.4, 0.5) is 0 Å². The molecule has 0 spiro atoms. The molecule has 0 N–H and O–H groups in total. The monoisotopic (exact) mass is 214 g/mol. The van der Waals surface area contributed by atoms with E-state index in [4.69, 9.17) is 4.74 Å². The second kappa shape index (κ2) is 4.75. The highest BCUT2D eigenvalue weighted by Crippen LogP contribution is 2.21. The van der Waals surface area contributed by atoms with Crippen LogP contribution in [0.25, 0.3) is 11.3 Å². The highest BCUT2D eigenvalue weighted by atomic mass is 16.5. The van der Waals surface area contributed by atoms with Gasteiger partial charge in [-0.15, -0.1) is 0 Å². The van der Waals surface area contributed by atoms with Crippen molar-refractivity contribution in [3.63, 3.8) is 0 Å². The van der Waals surface area contributed by atoms with Crippen molar-refractivity contribution in [2.75, 3.05) is 6.61 Å². The number of hydrogen-bond acceptors (Lipinski definition) is 3. The maximum Gasteiger partial charge on any atom is 0.119 e. The Morgan fingerprint density at radius 1 is 1.19 bits per heavy atom. The maximum absolute atomic E-state index is 5.44. The Bertz CT molecular complexity index is 466. The van der Waals surface area contributed by atoms with Gasteiger partial charge in [-0.3, -0.25) is 9.97 Å². The fraction of sp³-hybridized carbons (Fsp3) is 0.231. The van der Waals surface area contributed by atoms with E-state index in [1.807, 2.05) is 38.1 Å². The van der Waals surface area contributed by atoms with Crippen molar-refractivity contribution in [3.8, 4) is 17.0 Å². The number of aromatic nitrogens is 2. The number of nitrogens with zero attached hydrogens (tertiary/aromatic N) is 2. The van der Waals surface area contributed by atoms with Crippen molar-refractivity contribution in [3.05, 3.63) is 42.4 Å². The van der Waals surface area contributed by atoms with Gasteiger partial charge in [-0.2, -0.15) is 0 Å². The molecule has 0 aliphatic rings. The Morgan fingerprint density at radius 2 is 2.06 bits per heavy atom. The Balaban J connectivity index is 2.32. The van der Waals surface area contributed by atoms with Crippen molar-refractivity contribution in [2.24, 2.45) is 0 Å². The van der Waals surface area contributed by atoms with Crippen LogP contribution in [-0.4, -0.2) is 16.6 Å². The van der Waals surface area contributed by atoms with Crippen LogP contribution in [0.15, 0.2) is 36.7 Å². The van der Waals surface area contributed by atoms with E-state index >= 15 is 0 Å². The van der Waals surface area contributed by atoms with Crippen LogP contribution < -0.4 is 4.74 Å². The first-order valence-corrected chi connectivity index (χ1v) is 5.31. The molecule has 1 aromatic heterocycles. The maximum atomic E-state index is 5.44. The van der Waals surface area contributed by atoms with Gasteiger partial charge in [0.05, 0.1) is 24.2 Å². The predicted octanol–water partition coefficient (Wildman–Crippen LogP) is 2.85. The highest BCUT2D eigenvalue weighted by molar-refractivity contribution is 5.60. The van der Waals surface area contributed by atoms with Gasteiger partial charge in [0.15, 0.2) is 0 Å². The number of rotatable bonds is 3. The van der Waals surface area contributed by atoms with E-state index in [0.717, 1.165) is 22.7 Å². The van der Waals surface area contributed by atoms with Crippen LogP contribution in [0, 0.1) is 6.92 Å². The van der Waals surface area contributed by atoms with Crippen molar-refractivity contribution >= 4 is 0 Å². The number of aryl methyl sites for hydroxylation is 1. The van der Waals surface area contributed by atoms with Gasteiger partial charge in [0.25, 0.3) is 0 Å². The van der Waals surface area contributed by atoms with Gasteiger partial charge in [-0.1, -0.05) is 12.1 Å². The SMILES string of the molecule is CCOc1cccc(-c2cnc(C)cn2)c1. The third-order valence-electron chi connectivity index (χ3n) is 2.22. The van der Waals surface area contributed by atoms with E-state index in [1.54, 1.807) is 12.4 Å². The minimum Gasteiger partial charge on any atom is -0.494 e. The molecule has 1 heterocycles. The molecule has 0 radical (unpaired) electrons. The Morgan fingerprint density at radius 3 is 2.75 bits per heavy atom. The molecule has 0 bridgehead atoms. The summed E-state index contributed by atoms with van der Waals surface area (Å²) in [5, 5.41) is 0. The molecule has 0 atom stereocenters. The van der Waals surface area contributed by atoms with E-state index in [9.17, 15) is 0 Å². The average Bonchev–Trinajstić information content (AvgIpc) is 2.31. The van der Waals surface area contributed by atoms with Crippen LogP contribution >= 0.6 is 0 Å². The second-order valence-corrected chi connectivity index (χ2v) is 3.50. The Labute approximate surface area is 95.1 Å². The van der Waals surface area contributed by atoms with Gasteiger partial charge in [0.2, 0.25) is 0 Å². The van der Waals surface area contributed by atoms with E-state index < -0.39 is 0 Å². The third-order valence-corrected chi connectivity index (χ3v) is 2.22. The van der Waals surface area contributed by atoms with Gasteiger partial charge in [-0.25, -0.2) is 0 Å². The summed E-state index contributed by atoms with van der Waals surface area (Å²) < 4.78 is 5.44. The normalized spacial score (nSPS) is 10.1. The molecule has 16 heavy (non-hydrogen) atoms. The quantitative estimate of drug-likeness (QED) is 0.788. The Hall–Kier alpha value is -1.90. The van der Waals surface area contributed by atoms with Crippen molar-refractivity contribution < 1.29 is 4.74 Å². The van der Waals surface area contributed by atoms with Crippen LogP contribution in [0.3, 0.4) is 0 Å². The predicted molar refractivity (Wildman–Crippen MR) is 63.4 cm³/mol. The zero-order valence-electron chi connectivity index (χ0n) is 9.47. The molecule has 0 fully saturated rings. The largest absolute Gasteiger partial charge is 0.494 e. The lowest BCUT2D eigenvalue weighted by Crippen LogP contribution is -1.92. The molecule has 3 nitrogen and oxygen atoms in total. The molecule has 2 aromatic rings. The molecule has 2 rings (SSSR count). The van der Waals surface area contributed by atoms with Gasteiger partial charge in [0.1, 0.15) is 5.75 Å². The first-order chi connectivity index (χ1) is 7.79. The van der Waals surface area contributed by atoms with Crippen molar-refractivity contribution in [1.82, 2.24) is 9.97 Å². The second-order valence-electron chi connectivity index (χ2n) is 3.50. The molecule has 0 saturated heterocycles. The van der Waals surface area contributed by atoms with Crippen molar-refractivity contribution in [2.45, 2.75) is 13.8 Å². The number of hydrogen-bond donors (Lipinski definition) is 0. The minimum absolute atomic E-state index is 0.670. The van der Waals surface area contributed by atoms with Gasteiger partial charge < -0.3 is 4.74 Å². The van der Waals surface area contributed by atoms with Gasteiger partial charge >= 0.3 is 0 Å². The lowest BCUT2D eigenvalue weighted by Gasteiger charge is -2.05. The molecule has 0 saturated carbocycles. The summed E-state index contributed by atoms with van der Waals surface area (Å²) >= 11 is 0. The zero-order valence-corrected chi connectivity index (χ0v) is 9.47. The van der Waals surface area contributed by atoms with E-state index in [1.165, 1.54) is 0 Å². The third kappa shape index (κ3) is 2.37. The first kappa shape index (κ1) is 10.6. The molecule has 0 unspecified atom stereocenters. The fourth-order valence-electron chi connectivity index (χ4n) is 1.45. The summed E-state index contributed by atoms with van der Waals surface area (Å²) in [5.41, 5.74) is 2.82. The summed E-state index contributed by atoms with van der Waals surface area (Å²) in [6.45, 7) is 4.56. The minimum atomic E-state index is 0.670. The van der Waals surface area contributed by atoms with E-state index in [-0.39, 0.29) is 0 Å². The van der Waals surface area contributed by atoms with Crippen LogP contribution in [0.5, 0.6) is 5.75 Å². The number of ether oxygens (including phenoxy) is 1. The molecule has 0 aliphatic heterocycles. The highest BCUT2D eigenvalue weighted by Gasteiger charge is 2.01. The summed E-state index contributed by atoms with van der Waals surface area (Å²) in [4.78, 5) is 8.56. The summed E-state index contributed by atoms with van der Waals surface area (Å²) in [6, 6.07) is 7.88. The smallest absolute Gasteiger partial charge is 0.119 e. The lowest BCUT2D eigenvalue weighted by atomic mass is 10.1. The zero-order chi connectivity index (χ0) is 11.4. The summed E-state index contributed by atoms with van der Waals surface area (Å²) in [5.74, 6) is 0.863. The van der Waals surface area contributed by atoms with Crippen LogP contribution in [-0.2, 0) is 0 Å². The summed E-state index contributed by atoms with van der Waals surface area (Å²) in [7, 11) is 0. The van der Waals surface area contributed by atoms with E-state index in [2.05, 4.69) is 9.97 Å². The Kier molecular flexibility index (Phi) is 3.15. The molecular formula is C13H14N2O.